The Bertz CT molecular complexity index is 2750. The number of fused-ring (bicyclic) bond motifs is 8. The Morgan fingerprint density at radius 3 is 2.06 bits per heavy atom. The fraction of sp³-hybridized carbons (Fsp3) is 0.0222. The van der Waals surface area contributed by atoms with Crippen molar-refractivity contribution < 1.29 is 0 Å². The van der Waals surface area contributed by atoms with Crippen LogP contribution in [0.25, 0.3) is 88.7 Å². The van der Waals surface area contributed by atoms with Gasteiger partial charge in [-0.1, -0.05) is 127 Å². The van der Waals surface area contributed by atoms with Gasteiger partial charge in [0.2, 0.25) is 0 Å². The largest absolute Gasteiger partial charge is 0.264 e. The Balaban J connectivity index is 1.20. The summed E-state index contributed by atoms with van der Waals surface area (Å²) in [5.74, 6) is 1.98. The maximum absolute atomic E-state index is 5.22. The second-order valence-corrected chi connectivity index (χ2v) is 12.7. The highest BCUT2D eigenvalue weighted by atomic mass is 15.0. The molecule has 0 atom stereocenters. The third kappa shape index (κ3) is 4.53. The molecule has 9 aromatic rings. The van der Waals surface area contributed by atoms with Crippen molar-refractivity contribution >= 4 is 32.3 Å². The molecular weight excluding hydrogens is 597 g/mol. The van der Waals surface area contributed by atoms with Gasteiger partial charge >= 0.3 is 0 Å². The summed E-state index contributed by atoms with van der Waals surface area (Å²) < 4.78 is 0. The van der Waals surface area contributed by atoms with E-state index < -0.39 is 0 Å². The van der Waals surface area contributed by atoms with Crippen LogP contribution in [0.3, 0.4) is 0 Å². The molecule has 0 fully saturated rings. The number of pyridine rings is 1. The molecule has 7 aromatic carbocycles. The normalized spacial score (nSPS) is 12.0. The summed E-state index contributed by atoms with van der Waals surface area (Å²) in [4.78, 5) is 19.9. The first-order valence-electron chi connectivity index (χ1n) is 16.6. The van der Waals surface area contributed by atoms with Crippen molar-refractivity contribution in [2.75, 3.05) is 0 Å². The predicted molar refractivity (Wildman–Crippen MR) is 200 cm³/mol. The SMILES string of the molecule is c1ccc(-c2nc(-c3cccc(-c4cc5ccncc5c5ccc6ccccc6c45)c3)nc(-c3cccc4c3-c3ccccc3C4)n2)cc1. The van der Waals surface area contributed by atoms with Crippen LogP contribution in [-0.4, -0.2) is 19.9 Å². The first-order chi connectivity index (χ1) is 24.3. The van der Waals surface area contributed by atoms with Gasteiger partial charge in [-0.25, -0.2) is 15.0 Å². The zero-order valence-corrected chi connectivity index (χ0v) is 26.5. The lowest BCUT2D eigenvalue weighted by atomic mass is 9.90. The second-order valence-electron chi connectivity index (χ2n) is 12.7. The Morgan fingerprint density at radius 2 is 1.12 bits per heavy atom. The van der Waals surface area contributed by atoms with E-state index in [1.54, 1.807) is 0 Å². The average molecular weight is 625 g/mol. The van der Waals surface area contributed by atoms with Crippen LogP contribution in [0.15, 0.2) is 158 Å². The molecule has 1 aliphatic rings. The van der Waals surface area contributed by atoms with Gasteiger partial charge in [0, 0.05) is 34.5 Å². The molecule has 0 saturated carbocycles. The first-order valence-corrected chi connectivity index (χ1v) is 16.6. The van der Waals surface area contributed by atoms with E-state index in [1.165, 1.54) is 49.4 Å². The Hall–Kier alpha value is -6.52. The minimum absolute atomic E-state index is 0.647. The van der Waals surface area contributed by atoms with Crippen LogP contribution in [0.1, 0.15) is 11.1 Å². The summed E-state index contributed by atoms with van der Waals surface area (Å²) in [6.07, 6.45) is 4.75. The van der Waals surface area contributed by atoms with Crippen LogP contribution in [0, 0.1) is 0 Å². The highest BCUT2D eigenvalue weighted by molar-refractivity contribution is 6.22. The number of rotatable bonds is 4. The Labute approximate surface area is 283 Å². The van der Waals surface area contributed by atoms with Crippen molar-refractivity contribution in [1.82, 2.24) is 19.9 Å². The zero-order valence-electron chi connectivity index (χ0n) is 26.5. The molecule has 4 heteroatoms. The van der Waals surface area contributed by atoms with E-state index in [4.69, 9.17) is 15.0 Å². The van der Waals surface area contributed by atoms with E-state index in [2.05, 4.69) is 132 Å². The van der Waals surface area contributed by atoms with Crippen molar-refractivity contribution in [2.24, 2.45) is 0 Å². The third-order valence-electron chi connectivity index (χ3n) is 9.80. The van der Waals surface area contributed by atoms with Crippen LogP contribution in [0.2, 0.25) is 0 Å². The minimum atomic E-state index is 0.647. The molecule has 2 heterocycles. The van der Waals surface area contributed by atoms with Crippen LogP contribution < -0.4 is 0 Å². The number of aromatic nitrogens is 4. The lowest BCUT2D eigenvalue weighted by molar-refractivity contribution is 1.07. The smallest absolute Gasteiger partial charge is 0.164 e. The highest BCUT2D eigenvalue weighted by Gasteiger charge is 2.24. The van der Waals surface area contributed by atoms with Gasteiger partial charge in [0.05, 0.1) is 0 Å². The van der Waals surface area contributed by atoms with Crippen molar-refractivity contribution in [3.8, 4) is 56.4 Å². The second kappa shape index (κ2) is 11.0. The van der Waals surface area contributed by atoms with Crippen molar-refractivity contribution in [1.29, 1.82) is 0 Å². The summed E-state index contributed by atoms with van der Waals surface area (Å²) in [5, 5.41) is 7.15. The monoisotopic (exact) mass is 624 g/mol. The first kappa shape index (κ1) is 27.6. The Morgan fingerprint density at radius 1 is 0.408 bits per heavy atom. The number of benzene rings is 7. The van der Waals surface area contributed by atoms with E-state index in [1.807, 2.05) is 30.6 Å². The summed E-state index contributed by atoms with van der Waals surface area (Å²) in [5.41, 5.74) is 10.3. The van der Waals surface area contributed by atoms with E-state index in [-0.39, 0.29) is 0 Å². The molecule has 0 spiro atoms. The van der Waals surface area contributed by atoms with E-state index in [0.29, 0.717) is 17.5 Å². The molecule has 1 aliphatic carbocycles. The van der Waals surface area contributed by atoms with Gasteiger partial charge in [-0.3, -0.25) is 4.98 Å². The summed E-state index contributed by atoms with van der Waals surface area (Å²) in [7, 11) is 0. The molecule has 0 aliphatic heterocycles. The fourth-order valence-corrected chi connectivity index (χ4v) is 7.54. The van der Waals surface area contributed by atoms with E-state index >= 15 is 0 Å². The van der Waals surface area contributed by atoms with Crippen LogP contribution >= 0.6 is 0 Å². The number of nitrogens with zero attached hydrogens (tertiary/aromatic N) is 4. The summed E-state index contributed by atoms with van der Waals surface area (Å²) >= 11 is 0. The molecule has 228 valence electrons. The molecule has 0 unspecified atom stereocenters. The predicted octanol–water partition coefficient (Wildman–Crippen LogP) is 11.0. The maximum Gasteiger partial charge on any atom is 0.164 e. The minimum Gasteiger partial charge on any atom is -0.264 e. The molecule has 4 nitrogen and oxygen atoms in total. The number of hydrogen-bond donors (Lipinski definition) is 0. The lowest BCUT2D eigenvalue weighted by Gasteiger charge is -2.15. The van der Waals surface area contributed by atoms with Gasteiger partial charge in [0.1, 0.15) is 0 Å². The van der Waals surface area contributed by atoms with Crippen molar-refractivity contribution in [2.45, 2.75) is 6.42 Å². The molecule has 10 rings (SSSR count). The van der Waals surface area contributed by atoms with Crippen LogP contribution in [0.5, 0.6) is 0 Å². The molecule has 0 amide bonds. The maximum atomic E-state index is 5.22. The highest BCUT2D eigenvalue weighted by Crippen LogP contribution is 2.43. The van der Waals surface area contributed by atoms with Gasteiger partial charge in [-0.2, -0.15) is 0 Å². The zero-order chi connectivity index (χ0) is 32.3. The van der Waals surface area contributed by atoms with Crippen LogP contribution in [0.4, 0.5) is 0 Å². The quantitative estimate of drug-likeness (QED) is 0.183. The van der Waals surface area contributed by atoms with Gasteiger partial charge in [-0.05, 0) is 84.9 Å². The topological polar surface area (TPSA) is 51.6 Å². The molecule has 0 bridgehead atoms. The van der Waals surface area contributed by atoms with Gasteiger partial charge in [0.15, 0.2) is 17.5 Å². The van der Waals surface area contributed by atoms with Gasteiger partial charge in [-0.15, -0.1) is 0 Å². The van der Waals surface area contributed by atoms with Crippen molar-refractivity contribution in [3.63, 3.8) is 0 Å². The average Bonchev–Trinajstić information content (AvgIpc) is 3.57. The molecule has 0 saturated heterocycles. The lowest BCUT2D eigenvalue weighted by Crippen LogP contribution is -2.01. The molecule has 2 aromatic heterocycles. The fourth-order valence-electron chi connectivity index (χ4n) is 7.54. The van der Waals surface area contributed by atoms with Gasteiger partial charge in [0.25, 0.3) is 0 Å². The standard InChI is InChI=1S/C45H28N4/c1-2-11-29(12-3-1)43-47-44(49-45(48-43)38-19-9-15-33-24-30-13-5-7-18-36(30)41(33)38)34-16-8-14-31(25-34)39-26-32-22-23-46-27-40(32)37-21-20-28-10-4-6-17-35(28)42(37)39/h1-23,25-27H,24H2. The summed E-state index contributed by atoms with van der Waals surface area (Å²) in [6.45, 7) is 0. The molecule has 49 heavy (non-hydrogen) atoms. The molecular formula is C45H28N4. The molecule has 0 N–H and O–H groups in total. The van der Waals surface area contributed by atoms with E-state index in [9.17, 15) is 0 Å². The van der Waals surface area contributed by atoms with Gasteiger partial charge < -0.3 is 0 Å². The number of hydrogen-bond acceptors (Lipinski definition) is 4. The van der Waals surface area contributed by atoms with Crippen molar-refractivity contribution in [3.05, 3.63) is 169 Å². The Kier molecular flexibility index (Phi) is 6.21. The molecule has 0 radical (unpaired) electrons. The third-order valence-corrected chi connectivity index (χ3v) is 9.80. The van der Waals surface area contributed by atoms with E-state index in [0.717, 1.165) is 39.4 Å². The summed E-state index contributed by atoms with van der Waals surface area (Å²) in [6, 6.07) is 51.4. The van der Waals surface area contributed by atoms with Crippen LogP contribution in [-0.2, 0) is 6.42 Å².